The van der Waals surface area contributed by atoms with Crippen LogP contribution < -0.4 is 10.0 Å². The predicted octanol–water partition coefficient (Wildman–Crippen LogP) is 2.67. The molecule has 8 heteroatoms. The Morgan fingerprint density at radius 2 is 1.76 bits per heavy atom. The number of benzene rings is 2. The number of nitrogens with one attached hydrogen (secondary N) is 2. The lowest BCUT2D eigenvalue weighted by Crippen LogP contribution is -2.27. The molecule has 0 unspecified atom stereocenters. The lowest BCUT2D eigenvalue weighted by Gasteiger charge is -2.10. The molecule has 2 N–H and O–H groups in total. The Balaban J connectivity index is 1.67. The van der Waals surface area contributed by atoms with Crippen molar-refractivity contribution in [1.29, 1.82) is 0 Å². The van der Waals surface area contributed by atoms with Gasteiger partial charge < -0.3 is 5.32 Å². The molecule has 0 saturated carbocycles. The van der Waals surface area contributed by atoms with E-state index in [0.717, 1.165) is 29.3 Å². The zero-order valence-electron chi connectivity index (χ0n) is 15.5. The summed E-state index contributed by atoms with van der Waals surface area (Å²) >= 11 is 0. The normalized spacial score (nSPS) is 11.2. The zero-order chi connectivity index (χ0) is 20.7. The molecule has 0 aliphatic rings. The van der Waals surface area contributed by atoms with Crippen molar-refractivity contribution in [3.05, 3.63) is 95.6 Å². The van der Waals surface area contributed by atoms with Gasteiger partial charge in [0.25, 0.3) is 5.91 Å². The molecule has 0 saturated heterocycles. The summed E-state index contributed by atoms with van der Waals surface area (Å²) in [5.74, 6) is -1.50. The molecule has 0 spiro atoms. The number of hydrogen-bond donors (Lipinski definition) is 2. The lowest BCUT2D eigenvalue weighted by atomic mass is 10.2. The fraction of sp³-hybridized carbons (Fsp3) is 0.143. The molecule has 29 heavy (non-hydrogen) atoms. The van der Waals surface area contributed by atoms with Crippen LogP contribution in [0.3, 0.4) is 0 Å². The first kappa shape index (κ1) is 20.6. The number of hydrogen-bond acceptors (Lipinski definition) is 4. The van der Waals surface area contributed by atoms with Crippen molar-refractivity contribution in [1.82, 2.24) is 15.0 Å². The van der Waals surface area contributed by atoms with Crippen LogP contribution in [0.2, 0.25) is 0 Å². The van der Waals surface area contributed by atoms with Gasteiger partial charge in [0, 0.05) is 25.5 Å². The van der Waals surface area contributed by atoms with Gasteiger partial charge in [-0.2, -0.15) is 0 Å². The minimum Gasteiger partial charge on any atom is -0.348 e. The number of carbonyl (C=O) groups is 1. The Kier molecular flexibility index (Phi) is 6.69. The molecule has 150 valence electrons. The van der Waals surface area contributed by atoms with Crippen LogP contribution in [-0.4, -0.2) is 25.9 Å². The summed E-state index contributed by atoms with van der Waals surface area (Å²) in [6.45, 7) is 0.338. The number of halogens is 1. The molecule has 0 aliphatic carbocycles. The molecule has 1 heterocycles. The lowest BCUT2D eigenvalue weighted by molar-refractivity contribution is 0.0946. The monoisotopic (exact) mass is 413 g/mol. The second-order valence-electron chi connectivity index (χ2n) is 6.32. The largest absolute Gasteiger partial charge is 0.348 e. The molecule has 1 amide bonds. The maximum atomic E-state index is 14.1. The fourth-order valence-electron chi connectivity index (χ4n) is 2.68. The van der Waals surface area contributed by atoms with E-state index in [-0.39, 0.29) is 23.5 Å². The molecule has 0 radical (unpaired) electrons. The molecule has 0 bridgehead atoms. The molecular formula is C21H20FN3O3S. The summed E-state index contributed by atoms with van der Waals surface area (Å²) in [4.78, 5) is 16.1. The van der Waals surface area contributed by atoms with Crippen LogP contribution in [-0.2, 0) is 23.0 Å². The van der Waals surface area contributed by atoms with Gasteiger partial charge in [0.15, 0.2) is 0 Å². The first-order valence-corrected chi connectivity index (χ1v) is 10.4. The van der Waals surface area contributed by atoms with Gasteiger partial charge in [0.2, 0.25) is 10.0 Å². The van der Waals surface area contributed by atoms with Crippen LogP contribution >= 0.6 is 0 Å². The average Bonchev–Trinajstić information content (AvgIpc) is 2.73. The van der Waals surface area contributed by atoms with Gasteiger partial charge in [0.05, 0.1) is 10.5 Å². The molecular weight excluding hydrogens is 393 g/mol. The van der Waals surface area contributed by atoms with Crippen molar-refractivity contribution in [2.45, 2.75) is 17.9 Å². The van der Waals surface area contributed by atoms with Gasteiger partial charge in [-0.1, -0.05) is 36.4 Å². The Morgan fingerprint density at radius 3 is 2.48 bits per heavy atom. The van der Waals surface area contributed by atoms with E-state index in [2.05, 4.69) is 15.0 Å². The standard InChI is InChI=1S/C21H20FN3O3S/c22-20-9-8-18(29(27,28)25-12-10-16-5-2-1-3-6-16)13-19(20)21(26)24-15-17-7-4-11-23-14-17/h1-9,11,13-14,25H,10,12,15H2,(H,24,26). The van der Waals surface area contributed by atoms with Gasteiger partial charge >= 0.3 is 0 Å². The fourth-order valence-corrected chi connectivity index (χ4v) is 3.74. The van der Waals surface area contributed by atoms with E-state index in [1.54, 1.807) is 24.5 Å². The highest BCUT2D eigenvalue weighted by Crippen LogP contribution is 2.15. The summed E-state index contributed by atoms with van der Waals surface area (Å²) < 4.78 is 41.6. The van der Waals surface area contributed by atoms with Crippen LogP contribution in [0.15, 0.2) is 78.0 Å². The van der Waals surface area contributed by atoms with Crippen LogP contribution in [0.5, 0.6) is 0 Å². The third-order valence-electron chi connectivity index (χ3n) is 4.22. The molecule has 1 aromatic heterocycles. The van der Waals surface area contributed by atoms with Crippen molar-refractivity contribution >= 4 is 15.9 Å². The van der Waals surface area contributed by atoms with E-state index in [1.807, 2.05) is 30.3 Å². The van der Waals surface area contributed by atoms with E-state index in [9.17, 15) is 17.6 Å². The maximum absolute atomic E-state index is 14.1. The molecule has 0 aliphatic heterocycles. The van der Waals surface area contributed by atoms with Gasteiger partial charge in [-0.05, 0) is 41.8 Å². The number of pyridine rings is 1. The summed E-state index contributed by atoms with van der Waals surface area (Å²) in [5, 5.41) is 2.57. The predicted molar refractivity (Wildman–Crippen MR) is 107 cm³/mol. The van der Waals surface area contributed by atoms with Gasteiger partial charge in [-0.15, -0.1) is 0 Å². The van der Waals surface area contributed by atoms with E-state index >= 15 is 0 Å². The van der Waals surface area contributed by atoms with Crippen LogP contribution in [0, 0.1) is 5.82 Å². The highest BCUT2D eigenvalue weighted by atomic mass is 32.2. The number of rotatable bonds is 8. The minimum absolute atomic E-state index is 0.151. The first-order valence-electron chi connectivity index (χ1n) is 8.96. The summed E-state index contributed by atoms with van der Waals surface area (Å²) in [6.07, 6.45) is 3.69. The molecule has 0 atom stereocenters. The van der Waals surface area contributed by atoms with E-state index in [0.29, 0.717) is 6.42 Å². The number of amides is 1. The second kappa shape index (κ2) is 9.40. The van der Waals surface area contributed by atoms with Crippen molar-refractivity contribution in [2.75, 3.05) is 6.54 Å². The van der Waals surface area contributed by atoms with E-state index in [4.69, 9.17) is 0 Å². The van der Waals surface area contributed by atoms with Crippen LogP contribution in [0.25, 0.3) is 0 Å². The van der Waals surface area contributed by atoms with Gasteiger partial charge in [-0.3, -0.25) is 9.78 Å². The molecule has 3 aromatic rings. The Hall–Kier alpha value is -3.10. The van der Waals surface area contributed by atoms with Crippen molar-refractivity contribution in [2.24, 2.45) is 0 Å². The van der Waals surface area contributed by atoms with E-state index < -0.39 is 21.7 Å². The number of carbonyl (C=O) groups excluding carboxylic acids is 1. The quantitative estimate of drug-likeness (QED) is 0.594. The summed E-state index contributed by atoms with van der Waals surface area (Å²) in [6, 6.07) is 16.1. The van der Waals surface area contributed by atoms with Gasteiger partial charge in [-0.25, -0.2) is 17.5 Å². The number of nitrogens with zero attached hydrogens (tertiary/aromatic N) is 1. The first-order chi connectivity index (χ1) is 14.0. The van der Waals surface area contributed by atoms with Crippen molar-refractivity contribution in [3.63, 3.8) is 0 Å². The van der Waals surface area contributed by atoms with Crippen molar-refractivity contribution < 1.29 is 17.6 Å². The number of aromatic nitrogens is 1. The smallest absolute Gasteiger partial charge is 0.254 e. The average molecular weight is 413 g/mol. The minimum atomic E-state index is -3.88. The highest BCUT2D eigenvalue weighted by molar-refractivity contribution is 7.89. The second-order valence-corrected chi connectivity index (χ2v) is 8.09. The van der Waals surface area contributed by atoms with Crippen LogP contribution in [0.4, 0.5) is 4.39 Å². The molecule has 2 aromatic carbocycles. The van der Waals surface area contributed by atoms with Crippen LogP contribution in [0.1, 0.15) is 21.5 Å². The summed E-state index contributed by atoms with van der Waals surface area (Å²) in [7, 11) is -3.88. The Bertz CT molecular complexity index is 1070. The zero-order valence-corrected chi connectivity index (χ0v) is 16.3. The highest BCUT2D eigenvalue weighted by Gasteiger charge is 2.19. The Labute approximate surface area is 168 Å². The van der Waals surface area contributed by atoms with Gasteiger partial charge in [0.1, 0.15) is 5.82 Å². The van der Waals surface area contributed by atoms with E-state index in [1.165, 1.54) is 0 Å². The third-order valence-corrected chi connectivity index (χ3v) is 5.68. The summed E-state index contributed by atoms with van der Waals surface area (Å²) in [5.41, 5.74) is 1.40. The molecule has 6 nitrogen and oxygen atoms in total. The Morgan fingerprint density at radius 1 is 1.00 bits per heavy atom. The SMILES string of the molecule is O=C(NCc1cccnc1)c1cc(S(=O)(=O)NCCc2ccccc2)ccc1F. The molecule has 0 fully saturated rings. The van der Waals surface area contributed by atoms with Crippen molar-refractivity contribution in [3.8, 4) is 0 Å². The molecule has 3 rings (SSSR count). The number of sulfonamides is 1. The third kappa shape index (κ3) is 5.69. The maximum Gasteiger partial charge on any atom is 0.254 e. The topological polar surface area (TPSA) is 88.2 Å².